The Kier molecular flexibility index (Phi) is 4.19. The fraction of sp³-hybridized carbons (Fsp3) is 0.643. The first-order valence-electron chi connectivity index (χ1n) is 7.34. The van der Waals surface area contributed by atoms with E-state index in [1.165, 1.54) is 0 Å². The minimum atomic E-state index is -0.215. The molecule has 2 N–H and O–H groups in total. The molecule has 2 fully saturated rings. The van der Waals surface area contributed by atoms with Crippen LogP contribution in [0.2, 0.25) is 0 Å². The van der Waals surface area contributed by atoms with Crippen molar-refractivity contribution in [3.63, 3.8) is 0 Å². The number of anilines is 2. The summed E-state index contributed by atoms with van der Waals surface area (Å²) in [4.78, 5) is 24.7. The van der Waals surface area contributed by atoms with Crippen molar-refractivity contribution in [1.29, 1.82) is 0 Å². The summed E-state index contributed by atoms with van der Waals surface area (Å²) >= 11 is 1.98. The molecular formula is C14H21N5OS. The molecule has 0 bridgehead atoms. The van der Waals surface area contributed by atoms with Crippen molar-refractivity contribution in [2.45, 2.75) is 6.92 Å². The Morgan fingerprint density at radius 1 is 1.24 bits per heavy atom. The molecule has 0 spiro atoms. The highest BCUT2D eigenvalue weighted by Crippen LogP contribution is 2.28. The number of carbonyl (C=O) groups is 1. The lowest BCUT2D eigenvalue weighted by atomic mass is 9.98. The zero-order chi connectivity index (χ0) is 14.8. The molecule has 0 radical (unpaired) electrons. The van der Waals surface area contributed by atoms with Gasteiger partial charge in [0.1, 0.15) is 18.0 Å². The van der Waals surface area contributed by atoms with E-state index in [0.717, 1.165) is 42.8 Å². The second-order valence-electron chi connectivity index (χ2n) is 5.72. The van der Waals surface area contributed by atoms with Crippen LogP contribution >= 0.6 is 11.8 Å². The average Bonchev–Trinajstić information content (AvgIpc) is 2.91. The van der Waals surface area contributed by atoms with Crippen molar-refractivity contribution in [1.82, 2.24) is 9.97 Å². The number of rotatable bonds is 3. The third kappa shape index (κ3) is 3.07. The SMILES string of the molecule is C[C@@H]1CN(c2cc(N3CCSCC3)ncn2)C[C@H]1C(N)=O. The highest BCUT2D eigenvalue weighted by Gasteiger charge is 2.34. The van der Waals surface area contributed by atoms with Crippen molar-refractivity contribution in [2.75, 3.05) is 47.5 Å². The lowest BCUT2D eigenvalue weighted by Crippen LogP contribution is -2.33. The largest absolute Gasteiger partial charge is 0.369 e. The molecule has 0 aromatic carbocycles. The van der Waals surface area contributed by atoms with E-state index in [1.54, 1.807) is 6.33 Å². The van der Waals surface area contributed by atoms with Crippen LogP contribution in [0.15, 0.2) is 12.4 Å². The maximum Gasteiger partial charge on any atom is 0.222 e. The Balaban J connectivity index is 1.75. The van der Waals surface area contributed by atoms with E-state index >= 15 is 0 Å². The Hall–Kier alpha value is -1.50. The van der Waals surface area contributed by atoms with E-state index < -0.39 is 0 Å². The number of nitrogens with zero attached hydrogens (tertiary/aromatic N) is 4. The zero-order valence-corrected chi connectivity index (χ0v) is 13.1. The van der Waals surface area contributed by atoms with Crippen molar-refractivity contribution < 1.29 is 4.79 Å². The second-order valence-corrected chi connectivity index (χ2v) is 6.95. The van der Waals surface area contributed by atoms with Crippen LogP contribution in [-0.2, 0) is 4.79 Å². The van der Waals surface area contributed by atoms with Crippen LogP contribution in [-0.4, -0.2) is 53.6 Å². The van der Waals surface area contributed by atoms with Crippen molar-refractivity contribution in [3.8, 4) is 0 Å². The molecule has 7 heteroatoms. The van der Waals surface area contributed by atoms with Crippen LogP contribution in [0, 0.1) is 11.8 Å². The molecule has 1 amide bonds. The van der Waals surface area contributed by atoms with Crippen molar-refractivity contribution in [3.05, 3.63) is 12.4 Å². The number of amides is 1. The van der Waals surface area contributed by atoms with Crippen LogP contribution in [0.1, 0.15) is 6.92 Å². The number of hydrogen-bond donors (Lipinski definition) is 1. The molecule has 2 saturated heterocycles. The summed E-state index contributed by atoms with van der Waals surface area (Å²) in [6, 6.07) is 2.03. The minimum absolute atomic E-state index is 0.0881. The quantitative estimate of drug-likeness (QED) is 0.881. The van der Waals surface area contributed by atoms with Crippen molar-refractivity contribution >= 4 is 29.3 Å². The second kappa shape index (κ2) is 6.09. The Bertz CT molecular complexity index is 520. The standard InChI is InChI=1S/C14H21N5OS/c1-10-7-19(8-11(10)14(15)20)13-6-12(16-9-17-13)18-2-4-21-5-3-18/h6,9-11H,2-5,7-8H2,1H3,(H2,15,20)/t10-,11-/m1/s1. The number of primary amides is 1. The molecule has 2 aliphatic rings. The summed E-state index contributed by atoms with van der Waals surface area (Å²) in [5.74, 6) is 4.13. The summed E-state index contributed by atoms with van der Waals surface area (Å²) in [6.45, 7) is 5.60. The van der Waals surface area contributed by atoms with Crippen LogP contribution < -0.4 is 15.5 Å². The van der Waals surface area contributed by atoms with Gasteiger partial charge in [-0.2, -0.15) is 11.8 Å². The smallest absolute Gasteiger partial charge is 0.222 e. The van der Waals surface area contributed by atoms with Gasteiger partial charge in [-0.1, -0.05) is 6.92 Å². The third-order valence-electron chi connectivity index (χ3n) is 4.28. The summed E-state index contributed by atoms with van der Waals surface area (Å²) < 4.78 is 0. The summed E-state index contributed by atoms with van der Waals surface area (Å²) in [5, 5.41) is 0. The van der Waals surface area contributed by atoms with Crippen molar-refractivity contribution in [2.24, 2.45) is 17.6 Å². The fourth-order valence-electron chi connectivity index (χ4n) is 3.00. The van der Waals surface area contributed by atoms with Gasteiger partial charge in [0.05, 0.1) is 5.92 Å². The lowest BCUT2D eigenvalue weighted by molar-refractivity contribution is -0.122. The number of thioether (sulfide) groups is 1. The predicted octanol–water partition coefficient (Wildman–Crippen LogP) is 0.587. The molecule has 1 aromatic rings. The number of hydrogen-bond acceptors (Lipinski definition) is 6. The van der Waals surface area contributed by atoms with Gasteiger partial charge >= 0.3 is 0 Å². The number of nitrogens with two attached hydrogens (primary N) is 1. The summed E-state index contributed by atoms with van der Waals surface area (Å²) in [7, 11) is 0. The van der Waals surface area contributed by atoms with Crippen LogP contribution in [0.5, 0.6) is 0 Å². The molecule has 21 heavy (non-hydrogen) atoms. The molecule has 1 aromatic heterocycles. The molecule has 2 atom stereocenters. The van der Waals surface area contributed by atoms with Gasteiger partial charge in [-0.3, -0.25) is 4.79 Å². The van der Waals surface area contributed by atoms with Gasteiger partial charge in [0, 0.05) is 43.8 Å². The van der Waals surface area contributed by atoms with E-state index in [1.807, 2.05) is 17.8 Å². The van der Waals surface area contributed by atoms with E-state index in [9.17, 15) is 4.79 Å². The molecule has 114 valence electrons. The Morgan fingerprint density at radius 3 is 2.52 bits per heavy atom. The van der Waals surface area contributed by atoms with Gasteiger partial charge in [-0.05, 0) is 5.92 Å². The molecule has 6 nitrogen and oxygen atoms in total. The van der Waals surface area contributed by atoms with E-state index in [4.69, 9.17) is 5.73 Å². The van der Waals surface area contributed by atoms with Gasteiger partial charge in [0.25, 0.3) is 0 Å². The first-order chi connectivity index (χ1) is 10.1. The first-order valence-corrected chi connectivity index (χ1v) is 8.49. The Labute approximate surface area is 129 Å². The number of carbonyl (C=O) groups excluding carboxylic acids is 1. The monoisotopic (exact) mass is 307 g/mol. The molecule has 0 saturated carbocycles. The van der Waals surface area contributed by atoms with Gasteiger partial charge < -0.3 is 15.5 Å². The van der Waals surface area contributed by atoms with Gasteiger partial charge in [-0.25, -0.2) is 9.97 Å². The molecule has 3 rings (SSSR count). The van der Waals surface area contributed by atoms with Crippen LogP contribution in [0.25, 0.3) is 0 Å². The zero-order valence-electron chi connectivity index (χ0n) is 12.2. The van der Waals surface area contributed by atoms with Gasteiger partial charge in [-0.15, -0.1) is 0 Å². The maximum atomic E-state index is 11.5. The maximum absolute atomic E-state index is 11.5. The van der Waals surface area contributed by atoms with E-state index in [0.29, 0.717) is 6.54 Å². The lowest BCUT2D eigenvalue weighted by Gasteiger charge is -2.28. The Morgan fingerprint density at radius 2 is 1.90 bits per heavy atom. The van der Waals surface area contributed by atoms with E-state index in [-0.39, 0.29) is 17.7 Å². The number of aromatic nitrogens is 2. The molecule has 3 heterocycles. The predicted molar refractivity (Wildman–Crippen MR) is 85.6 cm³/mol. The summed E-state index contributed by atoms with van der Waals surface area (Å²) in [5.41, 5.74) is 5.47. The van der Waals surface area contributed by atoms with Crippen LogP contribution in [0.4, 0.5) is 11.6 Å². The topological polar surface area (TPSA) is 75.3 Å². The first kappa shape index (κ1) is 14.4. The average molecular weight is 307 g/mol. The van der Waals surface area contributed by atoms with Crippen LogP contribution in [0.3, 0.4) is 0 Å². The highest BCUT2D eigenvalue weighted by molar-refractivity contribution is 7.99. The highest BCUT2D eigenvalue weighted by atomic mass is 32.2. The summed E-state index contributed by atoms with van der Waals surface area (Å²) in [6.07, 6.45) is 1.62. The van der Waals surface area contributed by atoms with Gasteiger partial charge in [0.2, 0.25) is 5.91 Å². The fourth-order valence-corrected chi connectivity index (χ4v) is 3.90. The minimum Gasteiger partial charge on any atom is -0.369 e. The molecule has 0 unspecified atom stereocenters. The molecular weight excluding hydrogens is 286 g/mol. The molecule has 2 aliphatic heterocycles. The van der Waals surface area contributed by atoms with E-state index in [2.05, 4.69) is 26.7 Å². The normalized spacial score (nSPS) is 26.1. The third-order valence-corrected chi connectivity index (χ3v) is 5.22. The molecule has 0 aliphatic carbocycles. The van der Waals surface area contributed by atoms with Gasteiger partial charge in [0.15, 0.2) is 0 Å².